The Kier molecular flexibility index (Phi) is 4.25. The molecule has 1 atom stereocenters. The molecule has 1 N–H and O–H groups in total. The topological polar surface area (TPSA) is 69.0 Å². The normalized spacial score (nSPS) is 18.4. The zero-order valence-corrected chi connectivity index (χ0v) is 11.7. The van der Waals surface area contributed by atoms with E-state index in [2.05, 4.69) is 15.4 Å². The van der Waals surface area contributed by atoms with Gasteiger partial charge in [0.1, 0.15) is 6.33 Å². The Morgan fingerprint density at radius 1 is 1.38 bits per heavy atom. The number of benzene rings is 1. The molecule has 6 nitrogen and oxygen atoms in total. The first kappa shape index (κ1) is 13.8. The smallest absolute Gasteiger partial charge is 0.225 e. The van der Waals surface area contributed by atoms with Gasteiger partial charge in [-0.2, -0.15) is 0 Å². The fraction of sp³-hybridized carbons (Fsp3) is 0.400. The molecule has 1 aliphatic heterocycles. The van der Waals surface area contributed by atoms with Gasteiger partial charge in [0.25, 0.3) is 0 Å². The van der Waals surface area contributed by atoms with E-state index in [0.717, 1.165) is 25.1 Å². The summed E-state index contributed by atoms with van der Waals surface area (Å²) in [6, 6.07) is 9.75. The zero-order valence-electron chi connectivity index (χ0n) is 11.7. The summed E-state index contributed by atoms with van der Waals surface area (Å²) in [5, 5.41) is 7.23. The number of hydrogen-bond acceptors (Lipinski definition) is 4. The Morgan fingerprint density at radius 2 is 2.24 bits per heavy atom. The number of nitrogens with zero attached hydrogens (tertiary/aromatic N) is 3. The number of rotatable bonds is 4. The first-order valence-corrected chi connectivity index (χ1v) is 7.14. The SMILES string of the molecule is O=C(NCc1ncn(-c2ccccc2)n1)C1CCCOC1. The average molecular weight is 286 g/mol. The highest BCUT2D eigenvalue weighted by atomic mass is 16.5. The molecule has 1 unspecified atom stereocenters. The molecule has 0 spiro atoms. The quantitative estimate of drug-likeness (QED) is 0.920. The molecule has 6 heteroatoms. The number of carbonyl (C=O) groups excluding carboxylic acids is 1. The lowest BCUT2D eigenvalue weighted by Gasteiger charge is -2.20. The van der Waals surface area contributed by atoms with Gasteiger partial charge in [0.2, 0.25) is 5.91 Å². The summed E-state index contributed by atoms with van der Waals surface area (Å²) < 4.78 is 7.02. The van der Waals surface area contributed by atoms with E-state index in [0.29, 0.717) is 19.0 Å². The van der Waals surface area contributed by atoms with Crippen LogP contribution in [0.15, 0.2) is 36.7 Å². The summed E-state index contributed by atoms with van der Waals surface area (Å²) in [7, 11) is 0. The van der Waals surface area contributed by atoms with Gasteiger partial charge in [-0.25, -0.2) is 9.67 Å². The number of aromatic nitrogens is 3. The largest absolute Gasteiger partial charge is 0.381 e. The van der Waals surface area contributed by atoms with Crippen molar-refractivity contribution in [3.05, 3.63) is 42.5 Å². The minimum Gasteiger partial charge on any atom is -0.381 e. The molecule has 3 rings (SSSR count). The lowest BCUT2D eigenvalue weighted by molar-refractivity contribution is -0.129. The fourth-order valence-electron chi connectivity index (χ4n) is 2.34. The second kappa shape index (κ2) is 6.49. The van der Waals surface area contributed by atoms with E-state index in [-0.39, 0.29) is 11.8 Å². The molecule has 110 valence electrons. The van der Waals surface area contributed by atoms with Gasteiger partial charge in [0.15, 0.2) is 5.82 Å². The van der Waals surface area contributed by atoms with Crippen molar-refractivity contribution < 1.29 is 9.53 Å². The summed E-state index contributed by atoms with van der Waals surface area (Å²) in [6.45, 7) is 1.61. The van der Waals surface area contributed by atoms with Crippen molar-refractivity contribution in [2.75, 3.05) is 13.2 Å². The monoisotopic (exact) mass is 286 g/mol. The molecule has 1 aromatic carbocycles. The van der Waals surface area contributed by atoms with Crippen LogP contribution in [0.1, 0.15) is 18.7 Å². The molecule has 1 saturated heterocycles. The van der Waals surface area contributed by atoms with Gasteiger partial charge < -0.3 is 10.1 Å². The number of carbonyl (C=O) groups is 1. The fourth-order valence-corrected chi connectivity index (χ4v) is 2.34. The summed E-state index contributed by atoms with van der Waals surface area (Å²) >= 11 is 0. The van der Waals surface area contributed by atoms with E-state index in [9.17, 15) is 4.79 Å². The van der Waals surface area contributed by atoms with Crippen LogP contribution in [0.3, 0.4) is 0 Å². The molecule has 21 heavy (non-hydrogen) atoms. The van der Waals surface area contributed by atoms with E-state index >= 15 is 0 Å². The molecule has 1 amide bonds. The molecule has 2 heterocycles. The van der Waals surface area contributed by atoms with Crippen molar-refractivity contribution in [1.29, 1.82) is 0 Å². The summed E-state index contributed by atoms with van der Waals surface area (Å²) in [6.07, 6.45) is 3.48. The Bertz CT molecular complexity index is 591. The van der Waals surface area contributed by atoms with Gasteiger partial charge in [-0.3, -0.25) is 4.79 Å². The van der Waals surface area contributed by atoms with Crippen molar-refractivity contribution in [1.82, 2.24) is 20.1 Å². The van der Waals surface area contributed by atoms with Crippen LogP contribution in [0.2, 0.25) is 0 Å². The molecule has 0 radical (unpaired) electrons. The number of ether oxygens (including phenoxy) is 1. The zero-order chi connectivity index (χ0) is 14.5. The van der Waals surface area contributed by atoms with Gasteiger partial charge in [-0.05, 0) is 25.0 Å². The van der Waals surface area contributed by atoms with Crippen LogP contribution in [0.5, 0.6) is 0 Å². The van der Waals surface area contributed by atoms with Crippen molar-refractivity contribution in [3.63, 3.8) is 0 Å². The third-order valence-electron chi connectivity index (χ3n) is 3.51. The molecule has 0 bridgehead atoms. The first-order chi connectivity index (χ1) is 10.3. The van der Waals surface area contributed by atoms with Crippen LogP contribution in [-0.2, 0) is 16.1 Å². The molecular formula is C15H18N4O2. The van der Waals surface area contributed by atoms with Gasteiger partial charge in [0, 0.05) is 6.61 Å². The predicted molar refractivity (Wildman–Crippen MR) is 76.7 cm³/mol. The molecule has 0 aliphatic carbocycles. The van der Waals surface area contributed by atoms with Crippen LogP contribution < -0.4 is 5.32 Å². The van der Waals surface area contributed by atoms with E-state index in [1.54, 1.807) is 11.0 Å². The first-order valence-electron chi connectivity index (χ1n) is 7.14. The van der Waals surface area contributed by atoms with Crippen LogP contribution >= 0.6 is 0 Å². The van der Waals surface area contributed by atoms with Crippen LogP contribution in [0.25, 0.3) is 5.69 Å². The summed E-state index contributed by atoms with van der Waals surface area (Å²) in [5.41, 5.74) is 0.947. The Morgan fingerprint density at radius 3 is 3.00 bits per heavy atom. The van der Waals surface area contributed by atoms with E-state index in [4.69, 9.17) is 4.74 Å². The maximum Gasteiger partial charge on any atom is 0.225 e. The van der Waals surface area contributed by atoms with Crippen molar-refractivity contribution in [2.24, 2.45) is 5.92 Å². The molecule has 1 aliphatic rings. The standard InChI is InChI=1S/C15H18N4O2/c20-15(12-5-4-8-21-10-12)16-9-14-17-11-19(18-14)13-6-2-1-3-7-13/h1-3,6-7,11-12H,4-5,8-10H2,(H,16,20). The number of para-hydroxylation sites is 1. The van der Waals surface area contributed by atoms with Crippen LogP contribution in [0, 0.1) is 5.92 Å². The van der Waals surface area contributed by atoms with Crippen LogP contribution in [0.4, 0.5) is 0 Å². The lowest BCUT2D eigenvalue weighted by Crippen LogP contribution is -2.35. The van der Waals surface area contributed by atoms with E-state index < -0.39 is 0 Å². The summed E-state index contributed by atoms with van der Waals surface area (Å²) in [5.74, 6) is 0.574. The number of hydrogen-bond donors (Lipinski definition) is 1. The van der Waals surface area contributed by atoms with Gasteiger partial charge >= 0.3 is 0 Å². The van der Waals surface area contributed by atoms with Crippen molar-refractivity contribution >= 4 is 5.91 Å². The van der Waals surface area contributed by atoms with E-state index in [1.807, 2.05) is 30.3 Å². The number of nitrogens with one attached hydrogen (secondary N) is 1. The van der Waals surface area contributed by atoms with Gasteiger partial charge in [-0.15, -0.1) is 5.10 Å². The Balaban J connectivity index is 1.56. The minimum atomic E-state index is -0.0463. The third kappa shape index (κ3) is 3.46. The van der Waals surface area contributed by atoms with Gasteiger partial charge in [0.05, 0.1) is 24.8 Å². The molecule has 1 aromatic heterocycles. The lowest BCUT2D eigenvalue weighted by atomic mass is 10.0. The highest BCUT2D eigenvalue weighted by molar-refractivity contribution is 5.78. The molecule has 2 aromatic rings. The van der Waals surface area contributed by atoms with E-state index in [1.165, 1.54) is 0 Å². The average Bonchev–Trinajstić information content (AvgIpc) is 3.03. The predicted octanol–water partition coefficient (Wildman–Crippen LogP) is 1.31. The minimum absolute atomic E-state index is 0.0192. The molecule has 1 fully saturated rings. The maximum absolute atomic E-state index is 12.0. The van der Waals surface area contributed by atoms with Crippen molar-refractivity contribution in [3.8, 4) is 5.69 Å². The summed E-state index contributed by atoms with van der Waals surface area (Å²) in [4.78, 5) is 16.2. The number of amides is 1. The maximum atomic E-state index is 12.0. The third-order valence-corrected chi connectivity index (χ3v) is 3.51. The highest BCUT2D eigenvalue weighted by Crippen LogP contribution is 2.13. The Hall–Kier alpha value is -2.21. The Labute approximate surface area is 123 Å². The van der Waals surface area contributed by atoms with Crippen molar-refractivity contribution in [2.45, 2.75) is 19.4 Å². The second-order valence-electron chi connectivity index (χ2n) is 5.07. The highest BCUT2D eigenvalue weighted by Gasteiger charge is 2.21. The van der Waals surface area contributed by atoms with Crippen LogP contribution in [-0.4, -0.2) is 33.9 Å². The van der Waals surface area contributed by atoms with Gasteiger partial charge in [-0.1, -0.05) is 18.2 Å². The molecule has 0 saturated carbocycles. The molecular weight excluding hydrogens is 268 g/mol. The second-order valence-corrected chi connectivity index (χ2v) is 5.07.